The van der Waals surface area contributed by atoms with E-state index in [4.69, 9.17) is 99.0 Å². The molecule has 1 unspecified atom stereocenters. The number of aliphatic hydroxyl groups excluding tert-OH is 25. The van der Waals surface area contributed by atoms with Crippen LogP contribution in [0, 0.1) is 0 Å². The standard InChI is InChI=1S/C75H127N6O55P/c1-20(89)76-34-46(101)56(30(16-87)119-66(34)113)128-68-36(78-22(3)91)47(102)57(31(17-88)125-68)130-73-55(110)61(44(99)32(126-73)18-116-74-63(50(105)40(95)26(12-83)123-74)135-67-35(77-21(2)90)45(100)39(94)25(11-82)120-67)133-75-64(51(106)41(96)27(13-84)124-75)136-69-37(79-23(4)92)48(103)58(33(127-69)19-118-137(114,115)117-10-9-81(6,7)8)129-70-38(80-24(5)93)59(42(97)28(14-85)121-70)131-72-54(109)60(43(98)29(15-86)122-72)132-71-53(108)49(104)52(107)62(134-71)65(111)112/h25-64,66-75,82-88,94-110,113H,9-19H2,1-8H3,(H6-,76,77,78,79,80,89,90,91,92,93,111,112,114,115)/p+1/t25-,26-,27-,28-,29-,30-,31-,32-,33-,34-,35-,36-,37-,38-,39-,40-,41-,42+,43+,44-,45-,46-,47-,48-,49+,50+,51+,52+,53-,54-,55+,56-,57-,58-,59-,60+,61+,62+,63+,64+,66-,67+,68+,69+,70+,71-,72+,73+,74+,75-/m1/s1. The van der Waals surface area contributed by atoms with Gasteiger partial charge in [0.05, 0.1) is 80.6 Å². The summed E-state index contributed by atoms with van der Waals surface area (Å²) in [5.41, 5.74) is 0. The quantitative estimate of drug-likeness (QED) is 0.0201. The molecule has 137 heavy (non-hydrogen) atoms. The number of phosphoric acid groups is 1. The number of carboxylic acid groups (broad SMARTS) is 1. The summed E-state index contributed by atoms with van der Waals surface area (Å²) in [5.74, 6) is -6.76. The monoisotopic (exact) mass is 2020 g/mol. The van der Waals surface area contributed by atoms with Crippen LogP contribution in [0.4, 0.5) is 0 Å². The lowest BCUT2D eigenvalue weighted by Gasteiger charge is -2.52. The number of carbonyl (C=O) groups excluding carboxylic acids is 5. The highest BCUT2D eigenvalue weighted by Crippen LogP contribution is 2.46. The molecule has 792 valence electrons. The Morgan fingerprint density at radius 1 is 0.285 bits per heavy atom. The van der Waals surface area contributed by atoms with Gasteiger partial charge in [0, 0.05) is 34.6 Å². The van der Waals surface area contributed by atoms with Gasteiger partial charge in [-0.15, -0.1) is 0 Å². The van der Waals surface area contributed by atoms with Crippen LogP contribution in [0.5, 0.6) is 0 Å². The number of rotatable bonds is 39. The molecular formula is C75H128N6O55P+. The minimum Gasteiger partial charge on any atom is -0.479 e. The highest BCUT2D eigenvalue weighted by Gasteiger charge is 2.63. The van der Waals surface area contributed by atoms with E-state index >= 15 is 0 Å². The number of nitrogens with one attached hydrogen (secondary N) is 5. The van der Waals surface area contributed by atoms with Gasteiger partial charge >= 0.3 is 13.8 Å². The molecular weight excluding hydrogens is 1900 g/mol. The Balaban J connectivity index is 1.02. The number of phosphoric ester groups is 1. The Hall–Kier alpha value is -4.87. The molecule has 0 aromatic carbocycles. The number of carboxylic acids is 1. The SMILES string of the molecule is CC(=O)N[C@@H]1[C@@H](O)[C@H](O[C@@H]2O[C@H](CO)[C@@H](O[C@@H]3O[C@H](CO[C@H]4O[C@H](CO)[C@@H](O)[C@H](O)[C@@H]4O[C@@H]4O[C@H](CO)[C@@H](O)[C@H](O)[C@H]4NC(C)=O)[C@@H](O)[C@H](O[C@H]4O[C@H](CO)[C@@H](O)[C@H](O)[C@@H]4O[C@@H]4O[C@H](COP(=O)(O)OCC[N+](C)(C)C)[C@@H](O[C@@H]5O[C@H](CO)[C@H](O)[C@H](O[C@@H]6O[C@H](CO)[C@H](O)[C@H](O[C@@H]7O[C@H](C(=O)O)[C@@H](O)[C@H](O)[C@H]7O)[C@H]6O)[C@H]5NC(C)=O)[C@H](O)[C@H]4NC(C)=O)[C@@H]3O)[C@H](O)[C@H]2NC(C)=O)[C@@H](CO)O[C@H]1O. The molecule has 0 aromatic heterocycles. The predicted molar refractivity (Wildman–Crippen MR) is 426 cm³/mol. The van der Waals surface area contributed by atoms with Crippen molar-refractivity contribution < 1.29 is 275 Å². The average molecular weight is 2020 g/mol. The van der Waals surface area contributed by atoms with Gasteiger partial charge < -0.3 is 259 Å². The molecule has 10 heterocycles. The van der Waals surface area contributed by atoms with Crippen LogP contribution in [0.2, 0.25) is 0 Å². The molecule has 10 fully saturated rings. The van der Waals surface area contributed by atoms with E-state index in [1.165, 1.54) is 0 Å². The highest BCUT2D eigenvalue weighted by atomic mass is 31.2. The van der Waals surface area contributed by atoms with Crippen LogP contribution in [0.15, 0.2) is 0 Å². The van der Waals surface area contributed by atoms with Crippen LogP contribution in [-0.2, 0) is 132 Å². The molecule has 62 heteroatoms. The van der Waals surface area contributed by atoms with E-state index in [1.54, 1.807) is 21.1 Å². The van der Waals surface area contributed by atoms with Gasteiger partial charge in [-0.3, -0.25) is 33.0 Å². The van der Waals surface area contributed by atoms with Crippen LogP contribution < -0.4 is 26.6 Å². The molecule has 0 radical (unpaired) electrons. The second-order valence-electron chi connectivity index (χ2n) is 35.2. The highest BCUT2D eigenvalue weighted by molar-refractivity contribution is 7.47. The number of likely N-dealkylation sites (N-methyl/N-ethyl adjacent to an activating group) is 1. The molecule has 0 saturated carbocycles. The number of aliphatic hydroxyl groups is 25. The predicted octanol–water partition coefficient (Wildman–Crippen LogP) is -21.1. The normalized spacial score (nSPS) is 46.1. The lowest BCUT2D eigenvalue weighted by molar-refractivity contribution is -0.870. The summed E-state index contributed by atoms with van der Waals surface area (Å²) in [5, 5.41) is 306. The Morgan fingerprint density at radius 3 is 1.06 bits per heavy atom. The molecule has 10 aliphatic heterocycles. The van der Waals surface area contributed by atoms with E-state index in [2.05, 4.69) is 26.6 Å². The van der Waals surface area contributed by atoms with Crippen LogP contribution in [0.25, 0.3) is 0 Å². The number of nitrogens with zero attached hydrogens (tertiary/aromatic N) is 1. The van der Waals surface area contributed by atoms with Crippen LogP contribution in [0.3, 0.4) is 0 Å². The lowest BCUT2D eigenvalue weighted by Crippen LogP contribution is -2.71. The van der Waals surface area contributed by atoms with Crippen molar-refractivity contribution in [2.24, 2.45) is 0 Å². The molecule has 10 aliphatic rings. The molecule has 5 amide bonds. The number of amides is 5. The summed E-state index contributed by atoms with van der Waals surface area (Å²) in [6.45, 7) is -6.67. The topological polar surface area (TPSA) is 920 Å². The van der Waals surface area contributed by atoms with Crippen molar-refractivity contribution in [3.05, 3.63) is 0 Å². The van der Waals surface area contributed by atoms with Crippen molar-refractivity contribution in [3.8, 4) is 0 Å². The summed E-state index contributed by atoms with van der Waals surface area (Å²) >= 11 is 0. The number of quaternary nitrogens is 1. The molecule has 0 bridgehead atoms. The zero-order valence-electron chi connectivity index (χ0n) is 74.5. The van der Waals surface area contributed by atoms with E-state index in [-0.39, 0.29) is 11.0 Å². The number of aliphatic carboxylic acids is 1. The van der Waals surface area contributed by atoms with Crippen molar-refractivity contribution in [1.29, 1.82) is 0 Å². The molecule has 61 nitrogen and oxygen atoms in total. The summed E-state index contributed by atoms with van der Waals surface area (Å²) in [6.07, 6.45) is -100. The van der Waals surface area contributed by atoms with Gasteiger partial charge in [0.2, 0.25) is 29.5 Å². The van der Waals surface area contributed by atoms with Crippen LogP contribution >= 0.6 is 7.82 Å². The van der Waals surface area contributed by atoms with Gasteiger partial charge in [0.1, 0.15) is 251 Å². The Labute approximate surface area is 777 Å². The van der Waals surface area contributed by atoms with E-state index in [1.807, 2.05) is 0 Å². The first-order chi connectivity index (χ1) is 64.4. The second-order valence-corrected chi connectivity index (χ2v) is 36.6. The van der Waals surface area contributed by atoms with E-state index in [0.717, 1.165) is 34.6 Å². The summed E-state index contributed by atoms with van der Waals surface area (Å²) in [7, 11) is -0.399. The maximum atomic E-state index is 14.0. The molecule has 10 saturated heterocycles. The molecule has 0 aliphatic carbocycles. The van der Waals surface area contributed by atoms with E-state index in [0.29, 0.717) is 0 Å². The van der Waals surface area contributed by atoms with Gasteiger partial charge in [-0.2, -0.15) is 0 Å². The Kier molecular flexibility index (Phi) is 41.1. The zero-order valence-corrected chi connectivity index (χ0v) is 75.4. The summed E-state index contributed by atoms with van der Waals surface area (Å²) in [6, 6.07) is -9.83. The minimum atomic E-state index is -5.40. The maximum absolute atomic E-state index is 14.0. The Bertz CT molecular complexity index is 3910. The minimum absolute atomic E-state index is 0.0232. The first-order valence-corrected chi connectivity index (χ1v) is 44.8. The summed E-state index contributed by atoms with van der Waals surface area (Å²) < 4.78 is 139. The van der Waals surface area contributed by atoms with Crippen LogP contribution in [0.1, 0.15) is 34.6 Å². The number of carbonyl (C=O) groups is 6. The van der Waals surface area contributed by atoms with Crippen molar-refractivity contribution in [3.63, 3.8) is 0 Å². The Morgan fingerprint density at radius 2 is 0.599 bits per heavy atom. The molecule has 32 N–H and O–H groups in total. The first kappa shape index (κ1) is 114. The second kappa shape index (κ2) is 49.3. The van der Waals surface area contributed by atoms with Crippen molar-refractivity contribution in [2.45, 2.75) is 341 Å². The molecule has 0 spiro atoms. The van der Waals surface area contributed by atoms with Gasteiger partial charge in [-0.05, 0) is 0 Å². The third-order valence-corrected chi connectivity index (χ3v) is 25.1. The third kappa shape index (κ3) is 27.1. The zero-order chi connectivity index (χ0) is 101. The first-order valence-electron chi connectivity index (χ1n) is 43.3. The van der Waals surface area contributed by atoms with E-state index in [9.17, 15) is 171 Å². The maximum Gasteiger partial charge on any atom is 0.472 e. The van der Waals surface area contributed by atoms with Crippen molar-refractivity contribution >= 4 is 43.3 Å². The molecule has 0 aromatic rings. The summed E-state index contributed by atoms with van der Waals surface area (Å²) in [4.78, 5) is 88.4. The smallest absolute Gasteiger partial charge is 0.472 e. The molecule has 51 atom stereocenters. The van der Waals surface area contributed by atoms with Crippen molar-refractivity contribution in [2.75, 3.05) is 93.8 Å². The number of hydrogen-bond donors (Lipinski definition) is 32. The van der Waals surface area contributed by atoms with Crippen molar-refractivity contribution in [1.82, 2.24) is 26.6 Å². The molecule has 10 rings (SSSR count). The van der Waals surface area contributed by atoms with Gasteiger partial charge in [0.25, 0.3) is 0 Å². The average Bonchev–Trinajstić information content (AvgIpc) is 0.768. The third-order valence-electron chi connectivity index (χ3n) is 24.1. The van der Waals surface area contributed by atoms with Crippen LogP contribution in [-0.4, -0.2) is 578 Å². The van der Waals surface area contributed by atoms with Gasteiger partial charge in [0.15, 0.2) is 69.0 Å². The fraction of sp³-hybridized carbons (Fsp3) is 0.920. The number of ether oxygens (including phenoxy) is 19. The van der Waals surface area contributed by atoms with Gasteiger partial charge in [-0.1, -0.05) is 0 Å². The van der Waals surface area contributed by atoms with E-state index < -0.39 is 416 Å². The van der Waals surface area contributed by atoms with Gasteiger partial charge in [-0.25, -0.2) is 9.36 Å². The lowest BCUT2D eigenvalue weighted by atomic mass is 9.93. The largest absolute Gasteiger partial charge is 0.479 e. The number of hydrogen-bond acceptors (Lipinski definition) is 53. The fourth-order valence-electron chi connectivity index (χ4n) is 16.9. The fourth-order valence-corrected chi connectivity index (χ4v) is 17.7.